The summed E-state index contributed by atoms with van der Waals surface area (Å²) in [6.45, 7) is 2.72. The van der Waals surface area contributed by atoms with Crippen molar-refractivity contribution in [2.24, 2.45) is 13.0 Å². The van der Waals surface area contributed by atoms with Gasteiger partial charge in [0.2, 0.25) is 0 Å². The van der Waals surface area contributed by atoms with Gasteiger partial charge in [-0.25, -0.2) is 4.79 Å². The molecule has 1 aromatic carbocycles. The molecule has 0 saturated carbocycles. The quantitative estimate of drug-likeness (QED) is 0.617. The Kier molecular flexibility index (Phi) is 5.61. The molecule has 3 aliphatic rings. The molecule has 2 aromatic heterocycles. The van der Waals surface area contributed by atoms with E-state index in [1.807, 2.05) is 48.1 Å². The second kappa shape index (κ2) is 8.70. The molecule has 2 amide bonds. The number of benzene rings is 1. The van der Waals surface area contributed by atoms with E-state index in [0.29, 0.717) is 24.4 Å². The predicted molar refractivity (Wildman–Crippen MR) is 122 cm³/mol. The first kappa shape index (κ1) is 20.6. The minimum Gasteiger partial charge on any atom is -0.497 e. The molecular weight excluding hydrogens is 406 g/mol. The minimum atomic E-state index is -0.177. The van der Waals surface area contributed by atoms with Crippen LogP contribution in [0.4, 0.5) is 10.5 Å². The maximum absolute atomic E-state index is 12.4. The van der Waals surface area contributed by atoms with Gasteiger partial charge in [-0.2, -0.15) is 5.10 Å². The smallest absolute Gasteiger partial charge is 0.319 e. The van der Waals surface area contributed by atoms with Crippen LogP contribution in [0.15, 0.2) is 53.1 Å². The Morgan fingerprint density at radius 3 is 2.81 bits per heavy atom. The van der Waals surface area contributed by atoms with Gasteiger partial charge in [0.25, 0.3) is 0 Å². The lowest BCUT2D eigenvalue weighted by molar-refractivity contribution is 0.0296. The highest BCUT2D eigenvalue weighted by Crippen LogP contribution is 2.42. The first-order valence-corrected chi connectivity index (χ1v) is 11.1. The van der Waals surface area contributed by atoms with Crippen LogP contribution in [0.2, 0.25) is 0 Å². The fourth-order valence-electron chi connectivity index (χ4n) is 5.12. The summed E-state index contributed by atoms with van der Waals surface area (Å²) >= 11 is 0. The molecule has 4 atom stereocenters. The van der Waals surface area contributed by atoms with Gasteiger partial charge in [-0.05, 0) is 67.8 Å². The largest absolute Gasteiger partial charge is 0.497 e. The lowest BCUT2D eigenvalue weighted by Crippen LogP contribution is -2.56. The summed E-state index contributed by atoms with van der Waals surface area (Å²) in [7, 11) is 3.64. The topological polar surface area (TPSA) is 84.6 Å². The number of carbonyl (C=O) groups is 1. The van der Waals surface area contributed by atoms with E-state index in [4.69, 9.17) is 9.15 Å². The van der Waals surface area contributed by atoms with Crippen molar-refractivity contribution in [1.29, 1.82) is 0 Å². The first-order chi connectivity index (χ1) is 15.6. The van der Waals surface area contributed by atoms with Crippen molar-refractivity contribution in [3.63, 3.8) is 0 Å². The number of fused-ring (bicyclic) bond motifs is 3. The first-order valence-electron chi connectivity index (χ1n) is 11.1. The number of nitrogens with one attached hydrogen (secondary N) is 2. The van der Waals surface area contributed by atoms with E-state index in [9.17, 15) is 4.79 Å². The Labute approximate surface area is 187 Å². The molecule has 8 nitrogen and oxygen atoms in total. The summed E-state index contributed by atoms with van der Waals surface area (Å²) in [4.78, 5) is 14.9. The summed E-state index contributed by atoms with van der Waals surface area (Å²) < 4.78 is 12.7. The Hall–Kier alpha value is -3.26. The van der Waals surface area contributed by atoms with Gasteiger partial charge in [0.1, 0.15) is 11.4 Å². The molecule has 0 aliphatic carbocycles. The van der Waals surface area contributed by atoms with E-state index < -0.39 is 0 Å². The van der Waals surface area contributed by atoms with E-state index in [2.05, 4.69) is 26.7 Å². The molecule has 0 spiro atoms. The highest BCUT2D eigenvalue weighted by Gasteiger charge is 2.41. The molecule has 2 bridgehead atoms. The number of aryl methyl sites for hydroxylation is 1. The number of piperidine rings is 3. The number of rotatable bonds is 6. The third-order valence-electron chi connectivity index (χ3n) is 6.79. The molecule has 5 heterocycles. The van der Waals surface area contributed by atoms with E-state index in [1.54, 1.807) is 13.4 Å². The molecule has 8 heteroatoms. The number of nitrogens with zero attached hydrogens (tertiary/aromatic N) is 3. The standard InChI is InChI=1S/C24H29N5O3/c1-28-22(13-21(27-28)23-4-3-11-32-23)20-15-29-10-9-16(20)12-18(29)14-25-24(30)26-17-5-7-19(31-2)8-6-17/h3-8,11,13,16,18,20H,9-10,12,14-15H2,1-2H3,(H2,25,26,30). The molecule has 2 N–H and O–H groups in total. The van der Waals surface area contributed by atoms with Crippen LogP contribution in [0.1, 0.15) is 24.5 Å². The van der Waals surface area contributed by atoms with Crippen LogP contribution in [0.3, 0.4) is 0 Å². The average Bonchev–Trinajstić information content (AvgIpc) is 3.48. The molecule has 3 aromatic rings. The number of carbonyl (C=O) groups excluding carboxylic acids is 1. The molecule has 3 aliphatic heterocycles. The zero-order chi connectivity index (χ0) is 22.1. The van der Waals surface area contributed by atoms with Crippen LogP contribution in [0.5, 0.6) is 5.75 Å². The molecule has 0 radical (unpaired) electrons. The lowest BCUT2D eigenvalue weighted by Gasteiger charge is -2.49. The second-order valence-electron chi connectivity index (χ2n) is 8.66. The van der Waals surface area contributed by atoms with Gasteiger partial charge in [-0.1, -0.05) is 0 Å². The second-order valence-corrected chi connectivity index (χ2v) is 8.66. The molecule has 6 rings (SSSR count). The third kappa shape index (κ3) is 4.10. The van der Waals surface area contributed by atoms with Gasteiger partial charge in [-0.3, -0.25) is 9.58 Å². The highest BCUT2D eigenvalue weighted by atomic mass is 16.5. The molecule has 32 heavy (non-hydrogen) atoms. The van der Waals surface area contributed by atoms with E-state index in [-0.39, 0.29) is 6.03 Å². The lowest BCUT2D eigenvalue weighted by atomic mass is 9.74. The van der Waals surface area contributed by atoms with Gasteiger partial charge < -0.3 is 19.8 Å². The van der Waals surface area contributed by atoms with Crippen molar-refractivity contribution < 1.29 is 13.9 Å². The Balaban J connectivity index is 1.18. The van der Waals surface area contributed by atoms with Crippen molar-refractivity contribution in [3.05, 3.63) is 54.4 Å². The molecule has 4 unspecified atom stereocenters. The summed E-state index contributed by atoms with van der Waals surface area (Å²) in [6, 6.07) is 13.5. The van der Waals surface area contributed by atoms with Gasteiger partial charge in [0.05, 0.1) is 13.4 Å². The minimum absolute atomic E-state index is 0.177. The maximum atomic E-state index is 12.4. The Morgan fingerprint density at radius 2 is 2.12 bits per heavy atom. The van der Waals surface area contributed by atoms with E-state index in [0.717, 1.165) is 42.4 Å². The number of hydrogen-bond acceptors (Lipinski definition) is 5. The van der Waals surface area contributed by atoms with Gasteiger partial charge in [0, 0.05) is 43.5 Å². The highest BCUT2D eigenvalue weighted by molar-refractivity contribution is 5.89. The average molecular weight is 436 g/mol. The van der Waals surface area contributed by atoms with Crippen LogP contribution in [-0.2, 0) is 7.05 Å². The molecule has 3 saturated heterocycles. The van der Waals surface area contributed by atoms with Gasteiger partial charge in [0.15, 0.2) is 5.76 Å². The van der Waals surface area contributed by atoms with Gasteiger partial charge >= 0.3 is 6.03 Å². The van der Waals surface area contributed by atoms with E-state index >= 15 is 0 Å². The normalized spacial score (nSPS) is 24.3. The zero-order valence-electron chi connectivity index (χ0n) is 18.5. The van der Waals surface area contributed by atoms with Gasteiger partial charge in [-0.15, -0.1) is 0 Å². The number of aromatic nitrogens is 2. The monoisotopic (exact) mass is 435 g/mol. The Morgan fingerprint density at radius 1 is 1.28 bits per heavy atom. The molecule has 168 valence electrons. The molecule has 3 fully saturated rings. The summed E-state index contributed by atoms with van der Waals surface area (Å²) in [5.41, 5.74) is 2.89. The summed E-state index contributed by atoms with van der Waals surface area (Å²) in [6.07, 6.45) is 3.94. The number of urea groups is 1. The molecular formula is C24H29N5O3. The van der Waals surface area contributed by atoms with Crippen LogP contribution in [0, 0.1) is 5.92 Å². The van der Waals surface area contributed by atoms with Crippen molar-refractivity contribution in [2.45, 2.75) is 24.8 Å². The predicted octanol–water partition coefficient (Wildman–Crippen LogP) is 3.69. The SMILES string of the molecule is COc1ccc(NC(=O)NCC2CC3CCN2CC3c2cc(-c3ccco3)nn2C)cc1. The number of anilines is 1. The van der Waals surface area contributed by atoms with Crippen LogP contribution >= 0.6 is 0 Å². The number of amides is 2. The van der Waals surface area contributed by atoms with Crippen molar-refractivity contribution >= 4 is 11.7 Å². The number of hydrogen-bond donors (Lipinski definition) is 2. The van der Waals surface area contributed by atoms with Crippen LogP contribution in [0.25, 0.3) is 11.5 Å². The maximum Gasteiger partial charge on any atom is 0.319 e. The van der Waals surface area contributed by atoms with Crippen LogP contribution < -0.4 is 15.4 Å². The van der Waals surface area contributed by atoms with Crippen molar-refractivity contribution in [1.82, 2.24) is 20.0 Å². The third-order valence-corrected chi connectivity index (χ3v) is 6.79. The fourth-order valence-corrected chi connectivity index (χ4v) is 5.12. The number of methoxy groups -OCH3 is 1. The summed E-state index contributed by atoms with van der Waals surface area (Å²) in [5, 5.41) is 10.6. The van der Waals surface area contributed by atoms with Crippen molar-refractivity contribution in [3.8, 4) is 17.2 Å². The summed E-state index contributed by atoms with van der Waals surface area (Å²) in [5.74, 6) is 2.62. The number of ether oxygens (including phenoxy) is 1. The number of furan rings is 1. The van der Waals surface area contributed by atoms with E-state index in [1.165, 1.54) is 12.1 Å². The Bertz CT molecular complexity index is 1060. The fraction of sp³-hybridized carbons (Fsp3) is 0.417. The van der Waals surface area contributed by atoms with Crippen LogP contribution in [-0.4, -0.2) is 53.5 Å². The zero-order valence-corrected chi connectivity index (χ0v) is 18.5. The van der Waals surface area contributed by atoms with Crippen molar-refractivity contribution in [2.75, 3.05) is 32.1 Å².